The summed E-state index contributed by atoms with van der Waals surface area (Å²) in [6.07, 6.45) is 0. The van der Waals surface area contributed by atoms with Gasteiger partial charge in [-0.2, -0.15) is 0 Å². The van der Waals surface area contributed by atoms with Gasteiger partial charge >= 0.3 is 0 Å². The molecule has 3 rings (SSSR count). The van der Waals surface area contributed by atoms with Crippen LogP contribution in [0.15, 0.2) is 48.5 Å². The van der Waals surface area contributed by atoms with Gasteiger partial charge in [-0.05, 0) is 38.1 Å². The van der Waals surface area contributed by atoms with Gasteiger partial charge in [-0.1, -0.05) is 24.3 Å². The number of carbonyl (C=O) groups excluding carboxylic acids is 1. The maximum absolute atomic E-state index is 12.8. The van der Waals surface area contributed by atoms with Crippen LogP contribution in [0.2, 0.25) is 0 Å². The molecule has 0 radical (unpaired) electrons. The Morgan fingerprint density at radius 1 is 1.04 bits per heavy atom. The van der Waals surface area contributed by atoms with E-state index >= 15 is 0 Å². The van der Waals surface area contributed by atoms with Gasteiger partial charge in [0.15, 0.2) is 0 Å². The summed E-state index contributed by atoms with van der Waals surface area (Å²) < 4.78 is 11.1. The third-order valence-electron chi connectivity index (χ3n) is 5.11. The number of carbonyl (C=O) groups is 1. The minimum Gasteiger partial charge on any atom is -0.495 e. The molecular formula is C22H29N3O3. The molecule has 1 heterocycles. The Bertz CT molecular complexity index is 788. The van der Waals surface area contributed by atoms with Gasteiger partial charge in [-0.25, -0.2) is 0 Å². The highest BCUT2D eigenvalue weighted by atomic mass is 16.5. The number of para-hydroxylation sites is 4. The number of methoxy groups -OCH3 is 1. The first-order valence-corrected chi connectivity index (χ1v) is 9.78. The molecule has 0 unspecified atom stereocenters. The van der Waals surface area contributed by atoms with Gasteiger partial charge in [0.1, 0.15) is 11.5 Å². The van der Waals surface area contributed by atoms with Gasteiger partial charge in [0.05, 0.1) is 31.1 Å². The second kappa shape index (κ2) is 9.46. The summed E-state index contributed by atoms with van der Waals surface area (Å²) in [6.45, 7) is 7.80. The molecule has 6 nitrogen and oxygen atoms in total. The van der Waals surface area contributed by atoms with Crippen molar-refractivity contribution in [1.82, 2.24) is 4.90 Å². The van der Waals surface area contributed by atoms with Gasteiger partial charge < -0.3 is 19.7 Å². The summed E-state index contributed by atoms with van der Waals surface area (Å²) in [5.74, 6) is 1.57. The molecule has 1 aliphatic heterocycles. The van der Waals surface area contributed by atoms with E-state index in [4.69, 9.17) is 9.47 Å². The van der Waals surface area contributed by atoms with Crippen LogP contribution in [0.1, 0.15) is 13.8 Å². The highest BCUT2D eigenvalue weighted by molar-refractivity contribution is 5.95. The molecule has 1 atom stereocenters. The van der Waals surface area contributed by atoms with Crippen molar-refractivity contribution in [2.75, 3.05) is 50.1 Å². The lowest BCUT2D eigenvalue weighted by Crippen LogP contribution is -2.52. The van der Waals surface area contributed by atoms with Crippen LogP contribution >= 0.6 is 0 Å². The Hall–Kier alpha value is -2.73. The van der Waals surface area contributed by atoms with E-state index in [1.807, 2.05) is 56.3 Å². The zero-order valence-corrected chi connectivity index (χ0v) is 16.9. The van der Waals surface area contributed by atoms with Crippen molar-refractivity contribution in [2.24, 2.45) is 0 Å². The molecule has 150 valence electrons. The van der Waals surface area contributed by atoms with Crippen LogP contribution in [0.5, 0.6) is 11.5 Å². The van der Waals surface area contributed by atoms with Gasteiger partial charge in [0.25, 0.3) is 0 Å². The van der Waals surface area contributed by atoms with Crippen molar-refractivity contribution in [1.29, 1.82) is 0 Å². The number of rotatable bonds is 7. The zero-order chi connectivity index (χ0) is 19.9. The molecule has 2 aromatic carbocycles. The molecule has 0 aliphatic carbocycles. The first-order valence-electron chi connectivity index (χ1n) is 9.78. The standard InChI is InChI=1S/C22H29N3O3/c1-4-28-20-11-7-5-9-18(20)23-22(26)17(2)24-13-15-25(16-14-24)19-10-6-8-12-21(19)27-3/h5-12,17H,4,13-16H2,1-3H3,(H,23,26)/t17-/m1/s1. The number of nitrogens with one attached hydrogen (secondary N) is 1. The number of benzene rings is 2. The van der Waals surface area contributed by atoms with Gasteiger partial charge in [0, 0.05) is 26.2 Å². The van der Waals surface area contributed by atoms with Crippen LogP contribution in [0.3, 0.4) is 0 Å². The molecule has 0 saturated carbocycles. The SMILES string of the molecule is CCOc1ccccc1NC(=O)[C@@H](C)N1CCN(c2ccccc2OC)CC1. The molecular weight excluding hydrogens is 354 g/mol. The van der Waals surface area contributed by atoms with Crippen molar-refractivity contribution in [3.8, 4) is 11.5 Å². The monoisotopic (exact) mass is 383 g/mol. The number of ether oxygens (including phenoxy) is 2. The molecule has 6 heteroatoms. The fourth-order valence-electron chi connectivity index (χ4n) is 3.50. The second-order valence-corrected chi connectivity index (χ2v) is 6.79. The topological polar surface area (TPSA) is 54.0 Å². The number of piperazine rings is 1. The van der Waals surface area contributed by atoms with Gasteiger partial charge in [0.2, 0.25) is 5.91 Å². The number of amides is 1. The molecule has 1 amide bonds. The predicted molar refractivity (Wildman–Crippen MR) is 112 cm³/mol. The average molecular weight is 383 g/mol. The Labute approximate surface area is 167 Å². The minimum atomic E-state index is -0.213. The molecule has 2 aromatic rings. The maximum Gasteiger partial charge on any atom is 0.241 e. The Balaban J connectivity index is 1.59. The largest absolute Gasteiger partial charge is 0.495 e. The number of nitrogens with zero attached hydrogens (tertiary/aromatic N) is 2. The van der Waals surface area contributed by atoms with Crippen molar-refractivity contribution in [3.63, 3.8) is 0 Å². The summed E-state index contributed by atoms with van der Waals surface area (Å²) in [7, 11) is 1.70. The average Bonchev–Trinajstić information content (AvgIpc) is 2.75. The van der Waals surface area contributed by atoms with Crippen LogP contribution in [0.4, 0.5) is 11.4 Å². The van der Waals surface area contributed by atoms with E-state index in [-0.39, 0.29) is 11.9 Å². The van der Waals surface area contributed by atoms with Crippen molar-refractivity contribution >= 4 is 17.3 Å². The van der Waals surface area contributed by atoms with E-state index in [0.717, 1.165) is 37.6 Å². The number of hydrogen-bond acceptors (Lipinski definition) is 5. The van der Waals surface area contributed by atoms with Crippen LogP contribution in [-0.4, -0.2) is 56.7 Å². The molecule has 0 aromatic heterocycles. The molecule has 28 heavy (non-hydrogen) atoms. The summed E-state index contributed by atoms with van der Waals surface area (Å²) in [6, 6.07) is 15.4. The summed E-state index contributed by atoms with van der Waals surface area (Å²) in [5.41, 5.74) is 1.82. The molecule has 1 saturated heterocycles. The Kier molecular flexibility index (Phi) is 6.76. The van der Waals surface area contributed by atoms with Crippen LogP contribution in [0, 0.1) is 0 Å². The van der Waals surface area contributed by atoms with E-state index < -0.39 is 0 Å². The highest BCUT2D eigenvalue weighted by Crippen LogP contribution is 2.29. The molecule has 0 spiro atoms. The van der Waals surface area contributed by atoms with Crippen molar-refractivity contribution in [3.05, 3.63) is 48.5 Å². The lowest BCUT2D eigenvalue weighted by atomic mass is 10.2. The summed E-state index contributed by atoms with van der Waals surface area (Å²) in [5, 5.41) is 3.01. The molecule has 1 N–H and O–H groups in total. The van der Waals surface area contributed by atoms with Crippen LogP contribution in [0.25, 0.3) is 0 Å². The minimum absolute atomic E-state index is 0.0158. The first-order chi connectivity index (χ1) is 13.6. The summed E-state index contributed by atoms with van der Waals surface area (Å²) >= 11 is 0. The van der Waals surface area contributed by atoms with E-state index in [1.165, 1.54) is 0 Å². The molecule has 1 aliphatic rings. The number of hydrogen-bond donors (Lipinski definition) is 1. The normalized spacial score (nSPS) is 15.8. The van der Waals surface area contributed by atoms with E-state index in [2.05, 4.69) is 21.2 Å². The van der Waals surface area contributed by atoms with Crippen molar-refractivity contribution < 1.29 is 14.3 Å². The van der Waals surface area contributed by atoms with E-state index in [9.17, 15) is 4.79 Å². The highest BCUT2D eigenvalue weighted by Gasteiger charge is 2.27. The lowest BCUT2D eigenvalue weighted by Gasteiger charge is -2.38. The van der Waals surface area contributed by atoms with Gasteiger partial charge in [-0.15, -0.1) is 0 Å². The Morgan fingerprint density at radius 3 is 2.36 bits per heavy atom. The van der Waals surface area contributed by atoms with Gasteiger partial charge in [-0.3, -0.25) is 9.69 Å². The summed E-state index contributed by atoms with van der Waals surface area (Å²) in [4.78, 5) is 17.3. The smallest absolute Gasteiger partial charge is 0.241 e. The molecule has 0 bridgehead atoms. The quantitative estimate of drug-likeness (QED) is 0.795. The molecule has 1 fully saturated rings. The van der Waals surface area contributed by atoms with Crippen LogP contribution < -0.4 is 19.7 Å². The number of anilines is 2. The lowest BCUT2D eigenvalue weighted by molar-refractivity contribution is -0.120. The van der Waals surface area contributed by atoms with Crippen LogP contribution in [-0.2, 0) is 4.79 Å². The maximum atomic E-state index is 12.8. The second-order valence-electron chi connectivity index (χ2n) is 6.79. The van der Waals surface area contributed by atoms with E-state index in [1.54, 1.807) is 7.11 Å². The zero-order valence-electron chi connectivity index (χ0n) is 16.9. The fraction of sp³-hybridized carbons (Fsp3) is 0.409. The van der Waals surface area contributed by atoms with Crippen molar-refractivity contribution in [2.45, 2.75) is 19.9 Å². The van der Waals surface area contributed by atoms with E-state index in [0.29, 0.717) is 18.0 Å². The Morgan fingerprint density at radius 2 is 1.68 bits per heavy atom. The third-order valence-corrected chi connectivity index (χ3v) is 5.11. The fourth-order valence-corrected chi connectivity index (χ4v) is 3.50. The first kappa shape index (κ1) is 20.0. The third kappa shape index (κ3) is 4.57. The predicted octanol–water partition coefficient (Wildman–Crippen LogP) is 3.24.